The Hall–Kier alpha value is -1.28. The Balaban J connectivity index is 1.87. The molecule has 1 saturated heterocycles. The SMILES string of the molecule is O=S(=O)(c1ccc(-c2cscn2)cc1)N1CCOCC1. The van der Waals surface area contributed by atoms with Crippen molar-refractivity contribution >= 4 is 21.4 Å². The van der Waals surface area contributed by atoms with Crippen molar-refractivity contribution in [2.75, 3.05) is 26.3 Å². The molecule has 2 aromatic rings. The largest absolute Gasteiger partial charge is 0.379 e. The second-order valence-electron chi connectivity index (χ2n) is 4.41. The molecule has 0 amide bonds. The monoisotopic (exact) mass is 310 g/mol. The highest BCUT2D eigenvalue weighted by Crippen LogP contribution is 2.23. The molecule has 2 heterocycles. The van der Waals surface area contributed by atoms with Gasteiger partial charge in [-0.2, -0.15) is 4.31 Å². The molecule has 1 aromatic carbocycles. The van der Waals surface area contributed by atoms with Crippen LogP contribution in [-0.2, 0) is 14.8 Å². The Morgan fingerprint density at radius 3 is 2.45 bits per heavy atom. The van der Waals surface area contributed by atoms with Crippen LogP contribution in [0.15, 0.2) is 40.1 Å². The smallest absolute Gasteiger partial charge is 0.243 e. The van der Waals surface area contributed by atoms with E-state index in [1.54, 1.807) is 29.8 Å². The van der Waals surface area contributed by atoms with E-state index in [2.05, 4.69) is 4.98 Å². The number of hydrogen-bond donors (Lipinski definition) is 0. The van der Waals surface area contributed by atoms with Gasteiger partial charge in [0.25, 0.3) is 0 Å². The van der Waals surface area contributed by atoms with Crippen molar-refractivity contribution in [3.8, 4) is 11.3 Å². The standard InChI is InChI=1S/C13H14N2O3S2/c16-20(17,15-5-7-18-8-6-15)12-3-1-11(2-4-12)13-9-19-10-14-13/h1-4,9-10H,5-8H2. The van der Waals surface area contributed by atoms with Crippen molar-refractivity contribution in [2.45, 2.75) is 4.90 Å². The summed E-state index contributed by atoms with van der Waals surface area (Å²) < 4.78 is 31.5. The minimum atomic E-state index is -3.41. The van der Waals surface area contributed by atoms with Crippen molar-refractivity contribution in [3.05, 3.63) is 35.2 Å². The van der Waals surface area contributed by atoms with E-state index in [4.69, 9.17) is 4.74 Å². The van der Waals surface area contributed by atoms with Crippen LogP contribution < -0.4 is 0 Å². The third-order valence-corrected chi connectivity index (χ3v) is 5.69. The summed E-state index contributed by atoms with van der Waals surface area (Å²) in [4.78, 5) is 4.53. The van der Waals surface area contributed by atoms with E-state index in [0.717, 1.165) is 11.3 Å². The maximum atomic E-state index is 12.4. The molecule has 1 aliphatic heterocycles. The van der Waals surface area contributed by atoms with Gasteiger partial charge in [0.15, 0.2) is 0 Å². The molecule has 0 spiro atoms. The first-order chi connectivity index (χ1) is 9.68. The van der Waals surface area contributed by atoms with Crippen molar-refractivity contribution in [2.24, 2.45) is 0 Å². The van der Waals surface area contributed by atoms with Crippen LogP contribution in [-0.4, -0.2) is 44.0 Å². The molecule has 0 bridgehead atoms. The zero-order chi connectivity index (χ0) is 14.0. The van der Waals surface area contributed by atoms with Gasteiger partial charge >= 0.3 is 0 Å². The van der Waals surface area contributed by atoms with Crippen molar-refractivity contribution in [1.29, 1.82) is 0 Å². The molecule has 1 fully saturated rings. The van der Waals surface area contributed by atoms with E-state index in [1.807, 2.05) is 5.38 Å². The van der Waals surface area contributed by atoms with Gasteiger partial charge in [-0.15, -0.1) is 11.3 Å². The lowest BCUT2D eigenvalue weighted by Gasteiger charge is -2.26. The number of aromatic nitrogens is 1. The minimum Gasteiger partial charge on any atom is -0.379 e. The average Bonchev–Trinajstić information content (AvgIpc) is 3.02. The molecular formula is C13H14N2O3S2. The van der Waals surface area contributed by atoms with E-state index in [-0.39, 0.29) is 0 Å². The Kier molecular flexibility index (Phi) is 3.84. The van der Waals surface area contributed by atoms with Crippen molar-refractivity contribution < 1.29 is 13.2 Å². The lowest BCUT2D eigenvalue weighted by molar-refractivity contribution is 0.0730. The highest BCUT2D eigenvalue weighted by Gasteiger charge is 2.26. The molecule has 3 rings (SSSR count). The molecule has 0 radical (unpaired) electrons. The van der Waals surface area contributed by atoms with Crippen LogP contribution >= 0.6 is 11.3 Å². The van der Waals surface area contributed by atoms with E-state index in [9.17, 15) is 8.42 Å². The molecule has 0 saturated carbocycles. The van der Waals surface area contributed by atoms with Gasteiger partial charge in [-0.05, 0) is 12.1 Å². The Bertz CT molecular complexity index is 660. The minimum absolute atomic E-state index is 0.318. The second-order valence-corrected chi connectivity index (χ2v) is 7.07. The van der Waals surface area contributed by atoms with Gasteiger partial charge in [0.2, 0.25) is 10.0 Å². The molecule has 7 heteroatoms. The van der Waals surface area contributed by atoms with E-state index in [0.29, 0.717) is 31.2 Å². The topological polar surface area (TPSA) is 59.5 Å². The molecular weight excluding hydrogens is 296 g/mol. The Morgan fingerprint density at radius 1 is 1.15 bits per heavy atom. The molecule has 0 atom stereocenters. The number of ether oxygens (including phenoxy) is 1. The number of hydrogen-bond acceptors (Lipinski definition) is 5. The number of benzene rings is 1. The van der Waals surface area contributed by atoms with Crippen molar-refractivity contribution in [1.82, 2.24) is 9.29 Å². The van der Waals surface area contributed by atoms with Gasteiger partial charge < -0.3 is 4.74 Å². The maximum absolute atomic E-state index is 12.4. The van der Waals surface area contributed by atoms with Crippen LogP contribution in [0.3, 0.4) is 0 Å². The van der Waals surface area contributed by atoms with Crippen LogP contribution in [0.25, 0.3) is 11.3 Å². The zero-order valence-electron chi connectivity index (χ0n) is 10.7. The molecule has 1 aliphatic rings. The highest BCUT2D eigenvalue weighted by molar-refractivity contribution is 7.89. The lowest BCUT2D eigenvalue weighted by atomic mass is 10.2. The van der Waals surface area contributed by atoms with E-state index >= 15 is 0 Å². The van der Waals surface area contributed by atoms with Crippen molar-refractivity contribution in [3.63, 3.8) is 0 Å². The first kappa shape index (κ1) is 13.7. The molecule has 0 unspecified atom stereocenters. The first-order valence-electron chi connectivity index (χ1n) is 6.24. The summed E-state index contributed by atoms with van der Waals surface area (Å²) in [5.41, 5.74) is 3.55. The fourth-order valence-electron chi connectivity index (χ4n) is 2.09. The molecule has 20 heavy (non-hydrogen) atoms. The third-order valence-electron chi connectivity index (χ3n) is 3.19. The van der Waals surface area contributed by atoms with Crippen LogP contribution in [0.5, 0.6) is 0 Å². The van der Waals surface area contributed by atoms with Crippen LogP contribution in [0, 0.1) is 0 Å². The quantitative estimate of drug-likeness (QED) is 0.868. The number of nitrogens with zero attached hydrogens (tertiary/aromatic N) is 2. The molecule has 0 aliphatic carbocycles. The number of rotatable bonds is 3. The van der Waals surface area contributed by atoms with Gasteiger partial charge in [-0.25, -0.2) is 13.4 Å². The second kappa shape index (κ2) is 5.61. The highest BCUT2D eigenvalue weighted by atomic mass is 32.2. The van der Waals surface area contributed by atoms with Gasteiger partial charge in [-0.3, -0.25) is 0 Å². The van der Waals surface area contributed by atoms with Crippen LogP contribution in [0.2, 0.25) is 0 Å². The molecule has 1 aromatic heterocycles. The van der Waals surface area contributed by atoms with Gasteiger partial charge in [-0.1, -0.05) is 12.1 Å². The van der Waals surface area contributed by atoms with E-state index < -0.39 is 10.0 Å². The van der Waals surface area contributed by atoms with Gasteiger partial charge in [0, 0.05) is 24.0 Å². The molecule has 5 nitrogen and oxygen atoms in total. The number of morpholine rings is 1. The number of sulfonamides is 1. The Labute approximate surface area is 121 Å². The van der Waals surface area contributed by atoms with E-state index in [1.165, 1.54) is 15.6 Å². The third kappa shape index (κ3) is 2.62. The van der Waals surface area contributed by atoms with Crippen LogP contribution in [0.1, 0.15) is 0 Å². The first-order valence-corrected chi connectivity index (χ1v) is 8.63. The predicted octanol–water partition coefficient (Wildman–Crippen LogP) is 1.83. The summed E-state index contributed by atoms with van der Waals surface area (Å²) >= 11 is 1.52. The summed E-state index contributed by atoms with van der Waals surface area (Å²) in [5.74, 6) is 0. The fourth-order valence-corrected chi connectivity index (χ4v) is 4.06. The summed E-state index contributed by atoms with van der Waals surface area (Å²) in [6.07, 6.45) is 0. The summed E-state index contributed by atoms with van der Waals surface area (Å²) in [5, 5.41) is 1.94. The average molecular weight is 310 g/mol. The maximum Gasteiger partial charge on any atom is 0.243 e. The Morgan fingerprint density at radius 2 is 1.85 bits per heavy atom. The molecule has 106 valence electrons. The lowest BCUT2D eigenvalue weighted by Crippen LogP contribution is -2.40. The van der Waals surface area contributed by atoms with Gasteiger partial charge in [0.1, 0.15) is 0 Å². The molecule has 0 N–H and O–H groups in total. The number of thiazole rings is 1. The summed E-state index contributed by atoms with van der Waals surface area (Å²) in [6.45, 7) is 1.73. The predicted molar refractivity (Wildman–Crippen MR) is 77.1 cm³/mol. The van der Waals surface area contributed by atoms with Gasteiger partial charge in [0.05, 0.1) is 29.3 Å². The van der Waals surface area contributed by atoms with Crippen LogP contribution in [0.4, 0.5) is 0 Å². The summed E-state index contributed by atoms with van der Waals surface area (Å²) in [6, 6.07) is 6.86. The normalized spacial score (nSPS) is 17.2. The fraction of sp³-hybridized carbons (Fsp3) is 0.308. The zero-order valence-corrected chi connectivity index (χ0v) is 12.4. The summed E-state index contributed by atoms with van der Waals surface area (Å²) in [7, 11) is -3.41.